The molecule has 1 aliphatic rings. The van der Waals surface area contributed by atoms with Gasteiger partial charge in [0.1, 0.15) is 11.6 Å². The maximum atomic E-state index is 13.2. The van der Waals surface area contributed by atoms with Crippen LogP contribution in [0.5, 0.6) is 0 Å². The number of hydrogen-bond acceptors (Lipinski definition) is 2. The lowest BCUT2D eigenvalue weighted by molar-refractivity contribution is -0.118. The molecule has 0 bridgehead atoms. The van der Waals surface area contributed by atoms with Gasteiger partial charge in [-0.1, -0.05) is 6.92 Å². The van der Waals surface area contributed by atoms with E-state index in [1.54, 1.807) is 23.1 Å². The number of amides is 2. The molecule has 4 nitrogen and oxygen atoms in total. The molecule has 1 heterocycles. The molecule has 1 aliphatic heterocycles. The number of benzene rings is 2. The number of fused-ring (bicyclic) bond motifs is 1. The van der Waals surface area contributed by atoms with Gasteiger partial charge in [0.2, 0.25) is 5.91 Å². The molecule has 0 aromatic heterocycles. The van der Waals surface area contributed by atoms with Crippen LogP contribution in [0.2, 0.25) is 0 Å². The first kappa shape index (κ1) is 17.1. The molecule has 0 saturated heterocycles. The predicted octanol–water partition coefficient (Wildman–Crippen LogP) is 3.91. The van der Waals surface area contributed by atoms with Gasteiger partial charge in [0.25, 0.3) is 5.91 Å². The van der Waals surface area contributed by atoms with Crippen LogP contribution in [-0.4, -0.2) is 18.4 Å². The number of aryl methyl sites for hydroxylation is 1. The number of carbonyl (C=O) groups excluding carboxylic acids is 2. The second kappa shape index (κ2) is 7.01. The molecule has 0 saturated carbocycles. The lowest BCUT2D eigenvalue weighted by Gasteiger charge is -2.29. The first-order valence-electron chi connectivity index (χ1n) is 8.18. The van der Waals surface area contributed by atoms with E-state index in [2.05, 4.69) is 5.32 Å². The highest BCUT2D eigenvalue weighted by atomic mass is 19.1. The van der Waals surface area contributed by atoms with Crippen molar-refractivity contribution in [2.45, 2.75) is 26.2 Å². The first-order valence-corrected chi connectivity index (χ1v) is 8.18. The van der Waals surface area contributed by atoms with E-state index in [1.165, 1.54) is 0 Å². The molecule has 1 N–H and O–H groups in total. The third-order valence-corrected chi connectivity index (χ3v) is 4.11. The van der Waals surface area contributed by atoms with Gasteiger partial charge in [0.15, 0.2) is 0 Å². The number of halogens is 2. The molecule has 3 rings (SSSR count). The van der Waals surface area contributed by atoms with Gasteiger partial charge in [-0.3, -0.25) is 9.59 Å². The van der Waals surface area contributed by atoms with E-state index in [4.69, 9.17) is 0 Å². The molecule has 0 radical (unpaired) electrons. The SMILES string of the molecule is CCCN1C(=O)CCc2cc(NC(=O)c3cc(F)cc(F)c3)ccc21. The van der Waals surface area contributed by atoms with E-state index in [9.17, 15) is 18.4 Å². The number of nitrogens with one attached hydrogen (secondary N) is 1. The molecule has 130 valence electrons. The van der Waals surface area contributed by atoms with Crippen molar-refractivity contribution >= 4 is 23.2 Å². The molecular weight excluding hydrogens is 326 g/mol. The van der Waals surface area contributed by atoms with E-state index < -0.39 is 17.5 Å². The summed E-state index contributed by atoms with van der Waals surface area (Å²) in [6, 6.07) is 7.97. The Morgan fingerprint density at radius 3 is 2.52 bits per heavy atom. The zero-order chi connectivity index (χ0) is 18.0. The van der Waals surface area contributed by atoms with E-state index in [1.807, 2.05) is 6.92 Å². The standard InChI is InChI=1S/C19H18F2N2O2/c1-2-7-23-17-5-4-16(10-12(17)3-6-18(23)24)22-19(25)13-8-14(20)11-15(21)9-13/h4-5,8-11H,2-3,6-7H2,1H3,(H,22,25). The summed E-state index contributed by atoms with van der Waals surface area (Å²) in [5.74, 6) is -2.09. The molecular formula is C19H18F2N2O2. The smallest absolute Gasteiger partial charge is 0.255 e. The van der Waals surface area contributed by atoms with Crippen molar-refractivity contribution in [2.24, 2.45) is 0 Å². The van der Waals surface area contributed by atoms with Gasteiger partial charge in [-0.15, -0.1) is 0 Å². The summed E-state index contributed by atoms with van der Waals surface area (Å²) in [5, 5.41) is 2.65. The highest BCUT2D eigenvalue weighted by Crippen LogP contribution is 2.30. The second-order valence-electron chi connectivity index (χ2n) is 6.00. The van der Waals surface area contributed by atoms with Crippen LogP contribution in [0.3, 0.4) is 0 Å². The van der Waals surface area contributed by atoms with Gasteiger partial charge in [0.05, 0.1) is 0 Å². The van der Waals surface area contributed by atoms with Crippen LogP contribution in [0.15, 0.2) is 36.4 Å². The minimum atomic E-state index is -0.802. The fraction of sp³-hybridized carbons (Fsp3) is 0.263. The Kier molecular flexibility index (Phi) is 4.79. The molecule has 6 heteroatoms. The Labute approximate surface area is 144 Å². The van der Waals surface area contributed by atoms with E-state index >= 15 is 0 Å². The maximum absolute atomic E-state index is 13.2. The van der Waals surface area contributed by atoms with Crippen molar-refractivity contribution in [1.82, 2.24) is 0 Å². The van der Waals surface area contributed by atoms with Gasteiger partial charge < -0.3 is 10.2 Å². The fourth-order valence-corrected chi connectivity index (χ4v) is 2.99. The third-order valence-electron chi connectivity index (χ3n) is 4.11. The third kappa shape index (κ3) is 3.68. The highest BCUT2D eigenvalue weighted by Gasteiger charge is 2.23. The zero-order valence-electron chi connectivity index (χ0n) is 13.8. The van der Waals surface area contributed by atoms with Crippen LogP contribution < -0.4 is 10.2 Å². The van der Waals surface area contributed by atoms with Gasteiger partial charge in [-0.2, -0.15) is 0 Å². The van der Waals surface area contributed by atoms with Crippen molar-refractivity contribution in [3.8, 4) is 0 Å². The van der Waals surface area contributed by atoms with Crippen molar-refractivity contribution in [2.75, 3.05) is 16.8 Å². The van der Waals surface area contributed by atoms with E-state index in [0.29, 0.717) is 25.1 Å². The average molecular weight is 344 g/mol. The minimum absolute atomic E-state index is 0.0852. The van der Waals surface area contributed by atoms with Crippen LogP contribution >= 0.6 is 0 Å². The van der Waals surface area contributed by atoms with Crippen molar-refractivity contribution in [3.63, 3.8) is 0 Å². The molecule has 2 amide bonds. The number of nitrogens with zero attached hydrogens (tertiary/aromatic N) is 1. The molecule has 0 unspecified atom stereocenters. The average Bonchev–Trinajstić information content (AvgIpc) is 2.56. The monoisotopic (exact) mass is 344 g/mol. The topological polar surface area (TPSA) is 49.4 Å². The lowest BCUT2D eigenvalue weighted by atomic mass is 10.00. The largest absolute Gasteiger partial charge is 0.322 e. The summed E-state index contributed by atoms with van der Waals surface area (Å²) in [7, 11) is 0. The Morgan fingerprint density at radius 1 is 1.12 bits per heavy atom. The molecule has 0 fully saturated rings. The first-order chi connectivity index (χ1) is 12.0. The number of anilines is 2. The quantitative estimate of drug-likeness (QED) is 0.914. The molecule has 2 aromatic rings. The zero-order valence-corrected chi connectivity index (χ0v) is 13.8. The van der Waals surface area contributed by atoms with Gasteiger partial charge in [0, 0.05) is 36.0 Å². The highest BCUT2D eigenvalue weighted by molar-refractivity contribution is 6.04. The summed E-state index contributed by atoms with van der Waals surface area (Å²) >= 11 is 0. The molecule has 0 spiro atoms. The fourth-order valence-electron chi connectivity index (χ4n) is 2.99. The summed E-state index contributed by atoms with van der Waals surface area (Å²) in [5.41, 5.74) is 2.27. The van der Waals surface area contributed by atoms with Crippen LogP contribution in [0.1, 0.15) is 35.7 Å². The predicted molar refractivity (Wildman–Crippen MR) is 91.7 cm³/mol. The van der Waals surface area contributed by atoms with Crippen LogP contribution in [0, 0.1) is 11.6 Å². The number of carbonyl (C=O) groups is 2. The maximum Gasteiger partial charge on any atom is 0.255 e. The summed E-state index contributed by atoms with van der Waals surface area (Å²) < 4.78 is 26.5. The van der Waals surface area contributed by atoms with E-state index in [0.717, 1.165) is 35.9 Å². The molecule has 2 aromatic carbocycles. The number of hydrogen-bond donors (Lipinski definition) is 1. The Balaban J connectivity index is 1.82. The van der Waals surface area contributed by atoms with Crippen molar-refractivity contribution in [1.29, 1.82) is 0 Å². The Bertz CT molecular complexity index is 816. The van der Waals surface area contributed by atoms with Gasteiger partial charge in [-0.25, -0.2) is 8.78 Å². The van der Waals surface area contributed by atoms with Gasteiger partial charge >= 0.3 is 0 Å². The minimum Gasteiger partial charge on any atom is -0.322 e. The Morgan fingerprint density at radius 2 is 1.84 bits per heavy atom. The van der Waals surface area contributed by atoms with Crippen LogP contribution in [0.25, 0.3) is 0 Å². The Hall–Kier alpha value is -2.76. The van der Waals surface area contributed by atoms with Crippen molar-refractivity contribution in [3.05, 3.63) is 59.2 Å². The summed E-state index contributed by atoms with van der Waals surface area (Å²) in [6.07, 6.45) is 1.89. The second-order valence-corrected chi connectivity index (χ2v) is 6.00. The molecule has 25 heavy (non-hydrogen) atoms. The number of rotatable bonds is 4. The van der Waals surface area contributed by atoms with Crippen LogP contribution in [0.4, 0.5) is 20.2 Å². The van der Waals surface area contributed by atoms with Crippen LogP contribution in [-0.2, 0) is 11.2 Å². The van der Waals surface area contributed by atoms with Crippen molar-refractivity contribution < 1.29 is 18.4 Å². The molecule has 0 atom stereocenters. The summed E-state index contributed by atoms with van der Waals surface area (Å²) in [6.45, 7) is 2.66. The normalized spacial score (nSPS) is 13.6. The van der Waals surface area contributed by atoms with Gasteiger partial charge in [-0.05, 0) is 48.7 Å². The lowest BCUT2D eigenvalue weighted by Crippen LogP contribution is -2.35. The summed E-state index contributed by atoms with van der Waals surface area (Å²) in [4.78, 5) is 26.0. The van der Waals surface area contributed by atoms with E-state index in [-0.39, 0.29) is 11.5 Å². The molecule has 0 aliphatic carbocycles.